The molecule has 0 N–H and O–H groups in total. The lowest BCUT2D eigenvalue weighted by molar-refractivity contribution is -0.113. The smallest absolute Gasteiger partial charge is 0.286 e. The van der Waals surface area contributed by atoms with E-state index in [1.165, 1.54) is 23.0 Å². The van der Waals surface area contributed by atoms with Crippen molar-refractivity contribution in [3.8, 4) is 17.2 Å². The molecule has 0 bridgehead atoms. The Labute approximate surface area is 192 Å². The van der Waals surface area contributed by atoms with Crippen LogP contribution in [0.2, 0.25) is 0 Å². The van der Waals surface area contributed by atoms with E-state index in [0.29, 0.717) is 22.2 Å². The van der Waals surface area contributed by atoms with Crippen LogP contribution < -0.4 is 19.1 Å². The Morgan fingerprint density at radius 3 is 2.06 bits per heavy atom. The number of anilines is 1. The van der Waals surface area contributed by atoms with Crippen molar-refractivity contribution in [2.45, 2.75) is 6.92 Å². The number of piperazine rings is 1. The summed E-state index contributed by atoms with van der Waals surface area (Å²) in [5, 5.41) is 0.761. The van der Waals surface area contributed by atoms with Crippen molar-refractivity contribution in [1.29, 1.82) is 0 Å². The first-order chi connectivity index (χ1) is 15.5. The van der Waals surface area contributed by atoms with Gasteiger partial charge in [-0.15, -0.1) is 0 Å². The van der Waals surface area contributed by atoms with Crippen LogP contribution in [0.3, 0.4) is 0 Å². The standard InChI is InChI=1S/C24H27N3O4S/c1-16-5-7-18(8-6-16)26-9-11-27(12-10-26)24-25-23(28)21(32-24)15-17-13-19(29-2)22(31-4)20(14-17)30-3/h5-8,13-15H,9-12H2,1-4H3/b21-15+. The van der Waals surface area contributed by atoms with Gasteiger partial charge < -0.3 is 24.0 Å². The molecule has 32 heavy (non-hydrogen) atoms. The van der Waals surface area contributed by atoms with E-state index in [1.807, 2.05) is 18.2 Å². The Morgan fingerprint density at radius 1 is 0.906 bits per heavy atom. The normalized spacial score (nSPS) is 17.6. The Kier molecular flexibility index (Phi) is 6.60. The summed E-state index contributed by atoms with van der Waals surface area (Å²) in [5.74, 6) is 1.38. The van der Waals surface area contributed by atoms with E-state index in [0.717, 1.165) is 36.9 Å². The van der Waals surface area contributed by atoms with Gasteiger partial charge in [0.2, 0.25) is 5.75 Å². The molecule has 2 aromatic rings. The molecule has 0 spiro atoms. The van der Waals surface area contributed by atoms with Gasteiger partial charge in [-0.25, -0.2) is 0 Å². The van der Waals surface area contributed by atoms with Crippen molar-refractivity contribution in [2.75, 3.05) is 52.4 Å². The van der Waals surface area contributed by atoms with Crippen molar-refractivity contribution in [3.63, 3.8) is 0 Å². The van der Waals surface area contributed by atoms with Gasteiger partial charge in [0, 0.05) is 31.9 Å². The average Bonchev–Trinajstić information content (AvgIpc) is 3.19. The number of amides is 1. The summed E-state index contributed by atoms with van der Waals surface area (Å²) < 4.78 is 16.2. The fourth-order valence-corrected chi connectivity index (χ4v) is 4.75. The number of nitrogens with zero attached hydrogens (tertiary/aromatic N) is 3. The Balaban J connectivity index is 1.45. The van der Waals surface area contributed by atoms with Crippen LogP contribution in [0, 0.1) is 6.92 Å². The first kappa shape index (κ1) is 22.1. The van der Waals surface area contributed by atoms with Crippen molar-refractivity contribution < 1.29 is 19.0 Å². The van der Waals surface area contributed by atoms with Gasteiger partial charge in [0.25, 0.3) is 5.91 Å². The number of thioether (sulfide) groups is 1. The van der Waals surface area contributed by atoms with E-state index in [2.05, 4.69) is 46.0 Å². The molecule has 1 fully saturated rings. The highest BCUT2D eigenvalue weighted by Crippen LogP contribution is 2.40. The number of methoxy groups -OCH3 is 3. The summed E-state index contributed by atoms with van der Waals surface area (Å²) in [4.78, 5) is 22.0. The Morgan fingerprint density at radius 2 is 1.50 bits per heavy atom. The molecule has 168 valence electrons. The topological polar surface area (TPSA) is 63.6 Å². The average molecular weight is 454 g/mol. The van der Waals surface area contributed by atoms with Crippen LogP contribution in [0.5, 0.6) is 17.2 Å². The maximum absolute atomic E-state index is 12.6. The predicted octanol–water partition coefficient (Wildman–Crippen LogP) is 3.81. The number of rotatable bonds is 5. The number of hydrogen-bond acceptors (Lipinski definition) is 7. The lowest BCUT2D eigenvalue weighted by Crippen LogP contribution is -2.47. The molecule has 4 rings (SSSR count). The molecule has 2 aliphatic rings. The third-order valence-corrected chi connectivity index (χ3v) is 6.59. The minimum atomic E-state index is -0.222. The Bertz CT molecular complexity index is 1030. The molecular formula is C24H27N3O4S. The molecule has 0 atom stereocenters. The molecule has 8 heteroatoms. The van der Waals surface area contributed by atoms with Crippen molar-refractivity contribution in [2.24, 2.45) is 4.99 Å². The van der Waals surface area contributed by atoms with E-state index >= 15 is 0 Å². The van der Waals surface area contributed by atoms with Gasteiger partial charge in [0.15, 0.2) is 16.7 Å². The molecule has 1 amide bonds. The van der Waals surface area contributed by atoms with Crippen LogP contribution in [-0.4, -0.2) is 63.5 Å². The molecule has 1 saturated heterocycles. The molecule has 7 nitrogen and oxygen atoms in total. The van der Waals surface area contributed by atoms with E-state index in [-0.39, 0.29) is 5.91 Å². The molecule has 0 unspecified atom stereocenters. The van der Waals surface area contributed by atoms with E-state index in [4.69, 9.17) is 14.2 Å². The highest BCUT2D eigenvalue weighted by molar-refractivity contribution is 8.18. The summed E-state index contributed by atoms with van der Waals surface area (Å²) in [5.41, 5.74) is 3.28. The number of aliphatic imine (C=N–C) groups is 1. The third-order valence-electron chi connectivity index (χ3n) is 5.54. The fraction of sp³-hybridized carbons (Fsp3) is 0.333. The fourth-order valence-electron chi connectivity index (χ4n) is 3.78. The molecular weight excluding hydrogens is 426 g/mol. The van der Waals surface area contributed by atoms with Crippen LogP contribution >= 0.6 is 11.8 Å². The number of carbonyl (C=O) groups is 1. The molecule has 0 saturated carbocycles. The zero-order valence-corrected chi connectivity index (χ0v) is 19.6. The van der Waals surface area contributed by atoms with Gasteiger partial charge >= 0.3 is 0 Å². The van der Waals surface area contributed by atoms with Gasteiger partial charge in [0.1, 0.15) is 0 Å². The quantitative estimate of drug-likeness (QED) is 0.638. The van der Waals surface area contributed by atoms with Gasteiger partial charge in [-0.2, -0.15) is 4.99 Å². The lowest BCUT2D eigenvalue weighted by Gasteiger charge is -2.36. The summed E-state index contributed by atoms with van der Waals surface area (Å²) in [6.45, 7) is 5.53. The summed E-state index contributed by atoms with van der Waals surface area (Å²) in [7, 11) is 4.70. The van der Waals surface area contributed by atoms with Crippen LogP contribution in [0.25, 0.3) is 6.08 Å². The van der Waals surface area contributed by atoms with E-state index < -0.39 is 0 Å². The van der Waals surface area contributed by atoms with Crippen LogP contribution in [0.15, 0.2) is 46.3 Å². The third kappa shape index (κ3) is 4.55. The molecule has 0 aliphatic carbocycles. The molecule has 2 heterocycles. The van der Waals surface area contributed by atoms with Gasteiger partial charge in [-0.1, -0.05) is 17.7 Å². The Hall–Kier alpha value is -3.13. The van der Waals surface area contributed by atoms with Gasteiger partial charge in [-0.05, 0) is 54.6 Å². The number of aryl methyl sites for hydroxylation is 1. The van der Waals surface area contributed by atoms with Crippen LogP contribution in [0.4, 0.5) is 5.69 Å². The number of ether oxygens (including phenoxy) is 3. The SMILES string of the molecule is COc1cc(/C=C2/SC(N3CCN(c4ccc(C)cc4)CC3)=NC2=O)cc(OC)c1OC. The van der Waals surface area contributed by atoms with Crippen molar-refractivity contribution >= 4 is 34.6 Å². The monoisotopic (exact) mass is 453 g/mol. The number of amidine groups is 1. The molecule has 2 aromatic carbocycles. The van der Waals surface area contributed by atoms with E-state index in [1.54, 1.807) is 21.3 Å². The largest absolute Gasteiger partial charge is 0.493 e. The summed E-state index contributed by atoms with van der Waals surface area (Å²) in [6.07, 6.45) is 1.82. The number of benzene rings is 2. The maximum atomic E-state index is 12.6. The minimum Gasteiger partial charge on any atom is -0.493 e. The second-order valence-electron chi connectivity index (χ2n) is 7.58. The summed E-state index contributed by atoms with van der Waals surface area (Å²) >= 11 is 1.41. The zero-order valence-electron chi connectivity index (χ0n) is 18.8. The van der Waals surface area contributed by atoms with E-state index in [9.17, 15) is 4.79 Å². The second kappa shape index (κ2) is 9.56. The first-order valence-corrected chi connectivity index (χ1v) is 11.2. The van der Waals surface area contributed by atoms with Gasteiger partial charge in [-0.3, -0.25) is 4.79 Å². The minimum absolute atomic E-state index is 0.222. The first-order valence-electron chi connectivity index (χ1n) is 10.4. The molecule has 0 radical (unpaired) electrons. The highest BCUT2D eigenvalue weighted by atomic mass is 32.2. The maximum Gasteiger partial charge on any atom is 0.286 e. The summed E-state index contributed by atoms with van der Waals surface area (Å²) in [6, 6.07) is 12.2. The van der Waals surface area contributed by atoms with Gasteiger partial charge in [0.05, 0.1) is 26.2 Å². The zero-order chi connectivity index (χ0) is 22.7. The highest BCUT2D eigenvalue weighted by Gasteiger charge is 2.28. The molecule has 0 aromatic heterocycles. The van der Waals surface area contributed by atoms with Crippen LogP contribution in [-0.2, 0) is 4.79 Å². The second-order valence-corrected chi connectivity index (χ2v) is 8.59. The molecule has 2 aliphatic heterocycles. The predicted molar refractivity (Wildman–Crippen MR) is 129 cm³/mol. The van der Waals surface area contributed by atoms with Crippen molar-refractivity contribution in [3.05, 3.63) is 52.4 Å². The lowest BCUT2D eigenvalue weighted by atomic mass is 10.1. The van der Waals surface area contributed by atoms with Crippen LogP contribution in [0.1, 0.15) is 11.1 Å². The van der Waals surface area contributed by atoms with Crippen molar-refractivity contribution in [1.82, 2.24) is 4.90 Å². The number of hydrogen-bond donors (Lipinski definition) is 0. The number of carbonyl (C=O) groups excluding carboxylic acids is 1.